The van der Waals surface area contributed by atoms with Crippen LogP contribution < -0.4 is 0 Å². The Hall–Kier alpha value is -1.51. The molecule has 1 aromatic carbocycles. The number of aryl methyl sites for hydroxylation is 1. The Balaban J connectivity index is 3.29. The van der Waals surface area contributed by atoms with Gasteiger partial charge in [0.2, 0.25) is 0 Å². The summed E-state index contributed by atoms with van der Waals surface area (Å²) >= 11 is 0. The molecule has 0 fully saturated rings. The van der Waals surface area contributed by atoms with Crippen LogP contribution in [0, 0.1) is 17.2 Å². The summed E-state index contributed by atoms with van der Waals surface area (Å²) in [6.45, 7) is 8.05. The number of rotatable bonds is 2. The second kappa shape index (κ2) is 4.34. The lowest BCUT2D eigenvalue weighted by Gasteiger charge is -2.21. The molecule has 1 aromatic rings. The van der Waals surface area contributed by atoms with Gasteiger partial charge in [0.1, 0.15) is 0 Å². The summed E-state index contributed by atoms with van der Waals surface area (Å²) in [5, 5.41) is 6.37. The first kappa shape index (κ1) is 11.6. The highest BCUT2D eigenvalue weighted by molar-refractivity contribution is 6.05. The van der Waals surface area contributed by atoms with Crippen molar-refractivity contribution in [2.75, 3.05) is 0 Å². The van der Waals surface area contributed by atoms with Gasteiger partial charge in [-0.3, -0.25) is 0 Å². The molecule has 0 bridgehead atoms. The molecule has 0 aromatic heterocycles. The van der Waals surface area contributed by atoms with Crippen molar-refractivity contribution in [1.82, 2.24) is 0 Å². The summed E-state index contributed by atoms with van der Waals surface area (Å²) in [5.74, 6) is 0. The van der Waals surface area contributed by atoms with Crippen LogP contribution in [0.1, 0.15) is 31.9 Å². The molecule has 0 amide bonds. The van der Waals surface area contributed by atoms with E-state index in [9.17, 15) is 4.91 Å². The Morgan fingerprint density at radius 3 is 2.27 bits per heavy atom. The lowest BCUT2D eigenvalue weighted by Crippen LogP contribution is -2.22. The van der Waals surface area contributed by atoms with Crippen LogP contribution in [0.4, 0.5) is 0 Å². The molecule has 0 unspecified atom stereocenters. The van der Waals surface area contributed by atoms with E-state index in [1.807, 2.05) is 52.0 Å². The van der Waals surface area contributed by atoms with Crippen molar-refractivity contribution in [2.45, 2.75) is 27.7 Å². The van der Waals surface area contributed by atoms with Gasteiger partial charge in [0.15, 0.2) is 0 Å². The average Bonchev–Trinajstić information content (AvgIpc) is 2.14. The van der Waals surface area contributed by atoms with E-state index in [1.54, 1.807) is 0 Å². The lowest BCUT2D eigenvalue weighted by atomic mass is 9.84. The standard InChI is InChI=1S/C12H16N2O/c1-9-7-5-6-8-10(9)11(13-14-15)12(2,3)4/h5-8H,1-4H3/b13-11+. The molecule has 3 nitrogen and oxygen atoms in total. The van der Waals surface area contributed by atoms with Gasteiger partial charge in [-0.1, -0.05) is 45.0 Å². The van der Waals surface area contributed by atoms with Gasteiger partial charge in [-0.2, -0.15) is 0 Å². The number of hydrogen-bond acceptors (Lipinski definition) is 2. The lowest BCUT2D eigenvalue weighted by molar-refractivity contribution is 0.589. The minimum Gasteiger partial charge on any atom is -0.123 e. The number of nitroso groups, excluding NO2 is 1. The first-order valence-corrected chi connectivity index (χ1v) is 4.93. The van der Waals surface area contributed by atoms with Gasteiger partial charge >= 0.3 is 0 Å². The van der Waals surface area contributed by atoms with Crippen LogP contribution in [0.15, 0.2) is 34.7 Å². The number of benzene rings is 1. The van der Waals surface area contributed by atoms with E-state index >= 15 is 0 Å². The topological polar surface area (TPSA) is 41.8 Å². The highest BCUT2D eigenvalue weighted by Gasteiger charge is 2.22. The molecule has 0 aliphatic carbocycles. The molecular formula is C12H16N2O. The molecule has 0 saturated carbocycles. The van der Waals surface area contributed by atoms with Crippen molar-refractivity contribution in [3.8, 4) is 0 Å². The van der Waals surface area contributed by atoms with Crippen LogP contribution in [-0.2, 0) is 0 Å². The summed E-state index contributed by atoms with van der Waals surface area (Å²) in [4.78, 5) is 10.3. The fourth-order valence-corrected chi connectivity index (χ4v) is 1.49. The second-order valence-corrected chi connectivity index (χ2v) is 4.60. The molecule has 0 atom stereocenters. The first-order chi connectivity index (χ1) is 6.96. The van der Waals surface area contributed by atoms with Crippen LogP contribution in [0.5, 0.6) is 0 Å². The minimum atomic E-state index is -0.181. The van der Waals surface area contributed by atoms with Crippen molar-refractivity contribution in [1.29, 1.82) is 0 Å². The molecule has 15 heavy (non-hydrogen) atoms. The Kier molecular flexibility index (Phi) is 3.35. The predicted octanol–water partition coefficient (Wildman–Crippen LogP) is 3.51. The van der Waals surface area contributed by atoms with Crippen LogP contribution in [-0.4, -0.2) is 5.71 Å². The van der Waals surface area contributed by atoms with Crippen molar-refractivity contribution in [2.24, 2.45) is 15.8 Å². The number of hydrogen-bond donors (Lipinski definition) is 0. The summed E-state index contributed by atoms with van der Waals surface area (Å²) in [6, 6.07) is 7.87. The quantitative estimate of drug-likeness (QED) is 0.413. The molecule has 0 saturated heterocycles. The normalized spacial score (nSPS) is 12.7. The molecule has 80 valence electrons. The summed E-state index contributed by atoms with van der Waals surface area (Å²) in [7, 11) is 0. The van der Waals surface area contributed by atoms with E-state index in [1.165, 1.54) is 0 Å². The van der Waals surface area contributed by atoms with Crippen LogP contribution in [0.2, 0.25) is 0 Å². The van der Waals surface area contributed by atoms with Gasteiger partial charge in [-0.05, 0) is 12.5 Å². The Labute approximate surface area is 90.2 Å². The SMILES string of the molecule is Cc1ccccc1/C(=N\N=O)C(C)(C)C. The maximum absolute atomic E-state index is 10.3. The van der Waals surface area contributed by atoms with Crippen LogP contribution in [0.25, 0.3) is 0 Å². The van der Waals surface area contributed by atoms with E-state index in [0.717, 1.165) is 16.8 Å². The maximum Gasteiger partial charge on any atom is 0.0800 e. The van der Waals surface area contributed by atoms with Gasteiger partial charge in [0.25, 0.3) is 0 Å². The fourth-order valence-electron chi connectivity index (χ4n) is 1.49. The summed E-state index contributed by atoms with van der Waals surface area (Å²) in [5.41, 5.74) is 2.65. The Morgan fingerprint density at radius 1 is 1.20 bits per heavy atom. The third kappa shape index (κ3) is 2.72. The zero-order chi connectivity index (χ0) is 11.5. The monoisotopic (exact) mass is 204 g/mol. The molecule has 0 N–H and O–H groups in total. The third-order valence-electron chi connectivity index (χ3n) is 2.25. The van der Waals surface area contributed by atoms with E-state index in [0.29, 0.717) is 0 Å². The summed E-state index contributed by atoms with van der Waals surface area (Å²) < 4.78 is 0. The van der Waals surface area contributed by atoms with Gasteiger partial charge in [-0.15, -0.1) is 10.0 Å². The van der Waals surface area contributed by atoms with E-state index in [2.05, 4.69) is 10.4 Å². The van der Waals surface area contributed by atoms with Crippen LogP contribution in [0.3, 0.4) is 0 Å². The predicted molar refractivity (Wildman–Crippen MR) is 63.0 cm³/mol. The molecule has 0 heterocycles. The van der Waals surface area contributed by atoms with Crippen LogP contribution >= 0.6 is 0 Å². The fraction of sp³-hybridized carbons (Fsp3) is 0.417. The first-order valence-electron chi connectivity index (χ1n) is 4.93. The Morgan fingerprint density at radius 2 is 1.80 bits per heavy atom. The molecule has 3 heteroatoms. The van der Waals surface area contributed by atoms with Crippen molar-refractivity contribution in [3.05, 3.63) is 40.3 Å². The maximum atomic E-state index is 10.3. The van der Waals surface area contributed by atoms with Gasteiger partial charge in [0, 0.05) is 11.0 Å². The zero-order valence-corrected chi connectivity index (χ0v) is 9.61. The Bertz CT molecular complexity index is 389. The van der Waals surface area contributed by atoms with E-state index in [-0.39, 0.29) is 5.41 Å². The zero-order valence-electron chi connectivity index (χ0n) is 9.61. The van der Waals surface area contributed by atoms with Gasteiger partial charge in [-0.25, -0.2) is 0 Å². The highest BCUT2D eigenvalue weighted by atomic mass is 16.3. The van der Waals surface area contributed by atoms with Crippen molar-refractivity contribution >= 4 is 5.71 Å². The summed E-state index contributed by atoms with van der Waals surface area (Å²) in [6.07, 6.45) is 0. The van der Waals surface area contributed by atoms with Crippen molar-refractivity contribution < 1.29 is 0 Å². The minimum absolute atomic E-state index is 0.181. The van der Waals surface area contributed by atoms with E-state index < -0.39 is 0 Å². The highest BCUT2D eigenvalue weighted by Crippen LogP contribution is 2.24. The molecule has 0 spiro atoms. The third-order valence-corrected chi connectivity index (χ3v) is 2.25. The van der Waals surface area contributed by atoms with Crippen molar-refractivity contribution in [3.63, 3.8) is 0 Å². The molecule has 1 rings (SSSR count). The molecule has 0 aliphatic heterocycles. The largest absolute Gasteiger partial charge is 0.123 e. The van der Waals surface area contributed by atoms with Gasteiger partial charge in [0.05, 0.1) is 11.0 Å². The second-order valence-electron chi connectivity index (χ2n) is 4.60. The van der Waals surface area contributed by atoms with E-state index in [4.69, 9.17) is 0 Å². The molecule has 0 radical (unpaired) electrons. The smallest absolute Gasteiger partial charge is 0.0800 e. The average molecular weight is 204 g/mol. The molecule has 0 aliphatic rings. The van der Waals surface area contributed by atoms with Gasteiger partial charge < -0.3 is 0 Å². The molecular weight excluding hydrogens is 188 g/mol. The number of nitrogens with zero attached hydrogens (tertiary/aromatic N) is 2.